The van der Waals surface area contributed by atoms with Gasteiger partial charge in [0.1, 0.15) is 12.4 Å². The molecule has 0 saturated heterocycles. The number of amides is 1. The van der Waals surface area contributed by atoms with Crippen molar-refractivity contribution in [3.05, 3.63) is 75.7 Å². The van der Waals surface area contributed by atoms with Crippen LogP contribution in [0.3, 0.4) is 0 Å². The maximum atomic E-state index is 13.2. The van der Waals surface area contributed by atoms with Crippen LogP contribution in [0.5, 0.6) is 0 Å². The fourth-order valence-corrected chi connectivity index (χ4v) is 3.84. The molecular formula is C21H20N6O3S. The van der Waals surface area contributed by atoms with Crippen molar-refractivity contribution in [1.29, 1.82) is 0 Å². The molecule has 1 amide bonds. The van der Waals surface area contributed by atoms with Gasteiger partial charge in [-0.05, 0) is 42.7 Å². The van der Waals surface area contributed by atoms with Crippen LogP contribution in [0.15, 0.2) is 64.4 Å². The van der Waals surface area contributed by atoms with Crippen LogP contribution in [-0.4, -0.2) is 42.6 Å². The van der Waals surface area contributed by atoms with Gasteiger partial charge in [0.05, 0.1) is 10.9 Å². The second-order valence-corrected chi connectivity index (χ2v) is 7.84. The second-order valence-electron chi connectivity index (χ2n) is 6.85. The molecule has 0 aliphatic heterocycles. The minimum Gasteiger partial charge on any atom is -0.324 e. The van der Waals surface area contributed by atoms with Crippen LogP contribution in [0.25, 0.3) is 22.3 Å². The summed E-state index contributed by atoms with van der Waals surface area (Å²) < 4.78 is 1.01. The zero-order valence-corrected chi connectivity index (χ0v) is 17.5. The molecule has 4 rings (SSSR count). The van der Waals surface area contributed by atoms with Crippen molar-refractivity contribution in [2.24, 2.45) is 0 Å². The van der Waals surface area contributed by atoms with Gasteiger partial charge in [0.15, 0.2) is 5.82 Å². The van der Waals surface area contributed by atoms with Gasteiger partial charge >= 0.3 is 5.69 Å². The molecule has 31 heavy (non-hydrogen) atoms. The van der Waals surface area contributed by atoms with E-state index in [-0.39, 0.29) is 0 Å². The molecule has 0 aliphatic rings. The number of H-pyrrole nitrogens is 2. The number of nitrogens with one attached hydrogen (secondary N) is 3. The monoisotopic (exact) mass is 436 g/mol. The van der Waals surface area contributed by atoms with E-state index in [2.05, 4.69) is 25.5 Å². The van der Waals surface area contributed by atoms with Gasteiger partial charge in [0.25, 0.3) is 5.56 Å². The number of aromatic amines is 2. The van der Waals surface area contributed by atoms with E-state index in [4.69, 9.17) is 0 Å². The molecule has 0 spiro atoms. The van der Waals surface area contributed by atoms with Crippen LogP contribution >= 0.6 is 11.8 Å². The number of carbonyl (C=O) groups excluding carboxylic acids is 1. The van der Waals surface area contributed by atoms with Crippen LogP contribution in [0.2, 0.25) is 0 Å². The zero-order chi connectivity index (χ0) is 21.8. The maximum absolute atomic E-state index is 13.2. The summed E-state index contributed by atoms with van der Waals surface area (Å²) >= 11 is 1.54. The Morgan fingerprint density at radius 2 is 2.03 bits per heavy atom. The number of aromatic nitrogens is 5. The number of anilines is 1. The third-order valence-electron chi connectivity index (χ3n) is 4.86. The van der Waals surface area contributed by atoms with Gasteiger partial charge in [-0.25, -0.2) is 14.3 Å². The van der Waals surface area contributed by atoms with E-state index in [0.29, 0.717) is 34.6 Å². The minimum atomic E-state index is -0.956. The zero-order valence-electron chi connectivity index (χ0n) is 16.7. The lowest BCUT2D eigenvalue weighted by Gasteiger charge is -2.19. The van der Waals surface area contributed by atoms with E-state index in [1.807, 2.05) is 12.3 Å². The van der Waals surface area contributed by atoms with Crippen molar-refractivity contribution < 1.29 is 4.79 Å². The lowest BCUT2D eigenvalue weighted by atomic mass is 10.1. The van der Waals surface area contributed by atoms with Crippen molar-refractivity contribution in [2.75, 3.05) is 17.3 Å². The van der Waals surface area contributed by atoms with Crippen molar-refractivity contribution in [2.45, 2.75) is 12.5 Å². The molecule has 0 aliphatic carbocycles. The normalized spacial score (nSPS) is 12.0. The Hall–Kier alpha value is -3.66. The topological polar surface area (TPSA) is 126 Å². The molecule has 2 aromatic carbocycles. The Labute approximate surface area is 180 Å². The number of carbonyl (C=O) groups is 1. The number of benzene rings is 2. The number of hydrogen-bond donors (Lipinski definition) is 3. The second kappa shape index (κ2) is 9.00. The molecule has 10 heteroatoms. The summed E-state index contributed by atoms with van der Waals surface area (Å²) in [5.74, 6) is 0.735. The summed E-state index contributed by atoms with van der Waals surface area (Å²) in [4.78, 5) is 45.8. The largest absolute Gasteiger partial charge is 0.329 e. The number of hydrogen-bond acceptors (Lipinski definition) is 6. The molecule has 0 radical (unpaired) electrons. The molecule has 2 aromatic heterocycles. The number of thioether (sulfide) groups is 1. The average Bonchev–Trinajstić information content (AvgIpc) is 3.31. The first-order valence-corrected chi connectivity index (χ1v) is 11.0. The summed E-state index contributed by atoms with van der Waals surface area (Å²) in [6.45, 7) is 0. The Bertz CT molecular complexity index is 1330. The third kappa shape index (κ3) is 4.29. The van der Waals surface area contributed by atoms with Crippen molar-refractivity contribution in [3.63, 3.8) is 0 Å². The summed E-state index contributed by atoms with van der Waals surface area (Å²) in [5, 5.41) is 9.80. The van der Waals surface area contributed by atoms with Gasteiger partial charge in [0.2, 0.25) is 5.91 Å². The van der Waals surface area contributed by atoms with E-state index >= 15 is 0 Å². The van der Waals surface area contributed by atoms with E-state index in [1.165, 1.54) is 18.1 Å². The number of para-hydroxylation sites is 1. The molecule has 0 saturated carbocycles. The van der Waals surface area contributed by atoms with Crippen molar-refractivity contribution in [3.8, 4) is 11.4 Å². The van der Waals surface area contributed by atoms with Crippen LogP contribution in [0.4, 0.5) is 5.69 Å². The standard InChI is InChI=1S/C21H20N6O3S/c1-31-10-9-17(27-20(29)15-7-2-3-8-16(15)25-21(27)30)19(28)24-14-6-4-5-13(11-14)18-22-12-23-26-18/h2-8,11-12,17H,9-10H2,1H3,(H,24,28)(H,25,30)(H,22,23,26). The molecule has 9 nitrogen and oxygen atoms in total. The van der Waals surface area contributed by atoms with Crippen LogP contribution < -0.4 is 16.6 Å². The summed E-state index contributed by atoms with van der Waals surface area (Å²) in [5.41, 5.74) is 0.615. The first-order valence-electron chi connectivity index (χ1n) is 9.57. The van der Waals surface area contributed by atoms with Gasteiger partial charge in [-0.3, -0.25) is 14.7 Å². The van der Waals surface area contributed by atoms with Gasteiger partial charge < -0.3 is 10.3 Å². The molecule has 0 bridgehead atoms. The number of fused-ring (bicyclic) bond motifs is 1. The van der Waals surface area contributed by atoms with E-state index < -0.39 is 23.2 Å². The summed E-state index contributed by atoms with van der Waals surface area (Å²) in [7, 11) is 0. The van der Waals surface area contributed by atoms with Crippen LogP contribution in [0.1, 0.15) is 12.5 Å². The van der Waals surface area contributed by atoms with Gasteiger partial charge in [-0.15, -0.1) is 0 Å². The van der Waals surface area contributed by atoms with Crippen LogP contribution in [-0.2, 0) is 4.79 Å². The maximum Gasteiger partial charge on any atom is 0.329 e. The van der Waals surface area contributed by atoms with Gasteiger partial charge in [-0.1, -0.05) is 24.3 Å². The molecule has 4 aromatic rings. The molecule has 2 heterocycles. The lowest BCUT2D eigenvalue weighted by molar-refractivity contribution is -0.119. The number of rotatable bonds is 7. The molecular weight excluding hydrogens is 416 g/mol. The Kier molecular flexibility index (Phi) is 5.99. The fraction of sp³-hybridized carbons (Fsp3) is 0.190. The van der Waals surface area contributed by atoms with E-state index in [0.717, 1.165) is 10.1 Å². The first-order chi connectivity index (χ1) is 15.1. The summed E-state index contributed by atoms with van der Waals surface area (Å²) in [6, 6.07) is 12.9. The molecule has 0 fully saturated rings. The van der Waals surface area contributed by atoms with Crippen molar-refractivity contribution in [1.82, 2.24) is 24.7 Å². The van der Waals surface area contributed by atoms with E-state index in [1.54, 1.807) is 42.5 Å². The molecule has 158 valence electrons. The van der Waals surface area contributed by atoms with Gasteiger partial charge in [-0.2, -0.15) is 16.9 Å². The lowest BCUT2D eigenvalue weighted by Crippen LogP contribution is -2.43. The molecule has 1 atom stereocenters. The minimum absolute atomic E-state index is 0.329. The first kappa shape index (κ1) is 20.6. The highest BCUT2D eigenvalue weighted by atomic mass is 32.2. The predicted octanol–water partition coefficient (Wildman–Crippen LogP) is 2.41. The third-order valence-corrected chi connectivity index (χ3v) is 5.51. The highest BCUT2D eigenvalue weighted by Gasteiger charge is 2.25. The van der Waals surface area contributed by atoms with Crippen LogP contribution in [0, 0.1) is 0 Å². The Morgan fingerprint density at radius 1 is 1.19 bits per heavy atom. The quantitative estimate of drug-likeness (QED) is 0.408. The molecule has 3 N–H and O–H groups in total. The smallest absolute Gasteiger partial charge is 0.324 e. The SMILES string of the molecule is CSCCC(C(=O)Nc1cccc(-c2ncn[nH]2)c1)n1c(=O)[nH]c2ccccc2c1=O. The van der Waals surface area contributed by atoms with Crippen molar-refractivity contribution >= 4 is 34.3 Å². The molecule has 1 unspecified atom stereocenters. The fourth-order valence-electron chi connectivity index (χ4n) is 3.38. The Morgan fingerprint density at radius 3 is 2.81 bits per heavy atom. The average molecular weight is 436 g/mol. The predicted molar refractivity (Wildman–Crippen MR) is 121 cm³/mol. The Balaban J connectivity index is 1.70. The highest BCUT2D eigenvalue weighted by Crippen LogP contribution is 2.21. The number of nitrogens with zero attached hydrogens (tertiary/aromatic N) is 3. The van der Waals surface area contributed by atoms with E-state index in [9.17, 15) is 14.4 Å². The summed E-state index contributed by atoms with van der Waals surface area (Å²) in [6.07, 6.45) is 3.64. The highest BCUT2D eigenvalue weighted by molar-refractivity contribution is 7.98. The van der Waals surface area contributed by atoms with Gasteiger partial charge in [0, 0.05) is 11.3 Å².